The predicted octanol–water partition coefficient (Wildman–Crippen LogP) is 1.39. The van der Waals surface area contributed by atoms with Gasteiger partial charge in [0.25, 0.3) is 5.91 Å². The van der Waals surface area contributed by atoms with E-state index in [0.717, 1.165) is 11.8 Å². The number of benzene rings is 1. The first kappa shape index (κ1) is 19.7. The van der Waals surface area contributed by atoms with Crippen LogP contribution in [0.5, 0.6) is 5.75 Å². The fourth-order valence-corrected chi connectivity index (χ4v) is 3.76. The summed E-state index contributed by atoms with van der Waals surface area (Å²) in [6.45, 7) is 3.94. The van der Waals surface area contributed by atoms with E-state index < -0.39 is 10.0 Å². The molecule has 0 atom stereocenters. The van der Waals surface area contributed by atoms with Gasteiger partial charge in [0, 0.05) is 36.9 Å². The fourth-order valence-electron chi connectivity index (χ4n) is 2.92. The monoisotopic (exact) mass is 370 g/mol. The Bertz CT molecular complexity index is 697. The molecule has 1 heterocycles. The molecule has 140 valence electrons. The van der Waals surface area contributed by atoms with Crippen molar-refractivity contribution in [2.24, 2.45) is 0 Å². The number of rotatable bonds is 7. The van der Waals surface area contributed by atoms with Gasteiger partial charge in [0.15, 0.2) is 0 Å². The SMILES string of the molecule is CCOCc1cc(C(=O)N2CCC(NS(C)(=O)=O)CC2)ccc1OC. The highest BCUT2D eigenvalue weighted by Gasteiger charge is 2.25. The normalized spacial score (nSPS) is 16.0. The van der Waals surface area contributed by atoms with Gasteiger partial charge in [-0.2, -0.15) is 0 Å². The molecule has 1 aromatic rings. The van der Waals surface area contributed by atoms with Crippen LogP contribution in [0.25, 0.3) is 0 Å². The second-order valence-corrected chi connectivity index (χ2v) is 7.90. The first-order valence-corrected chi connectivity index (χ1v) is 10.2. The lowest BCUT2D eigenvalue weighted by Crippen LogP contribution is -2.46. The lowest BCUT2D eigenvalue weighted by molar-refractivity contribution is 0.0711. The molecule has 8 heteroatoms. The molecule has 1 saturated heterocycles. The number of carbonyl (C=O) groups excluding carboxylic acids is 1. The molecule has 0 unspecified atom stereocenters. The van der Waals surface area contributed by atoms with Crippen LogP contribution in [0, 0.1) is 0 Å². The molecule has 1 amide bonds. The van der Waals surface area contributed by atoms with Gasteiger partial charge in [-0.1, -0.05) is 0 Å². The molecule has 0 saturated carbocycles. The molecule has 0 aromatic heterocycles. The van der Waals surface area contributed by atoms with E-state index in [9.17, 15) is 13.2 Å². The Kier molecular flexibility index (Phi) is 6.80. The van der Waals surface area contributed by atoms with Crippen molar-refractivity contribution in [2.45, 2.75) is 32.4 Å². The van der Waals surface area contributed by atoms with Crippen molar-refractivity contribution in [1.82, 2.24) is 9.62 Å². The number of carbonyl (C=O) groups is 1. The summed E-state index contributed by atoms with van der Waals surface area (Å²) < 4.78 is 36.0. The largest absolute Gasteiger partial charge is 0.496 e. The van der Waals surface area contributed by atoms with Crippen molar-refractivity contribution in [3.05, 3.63) is 29.3 Å². The van der Waals surface area contributed by atoms with E-state index >= 15 is 0 Å². The van der Waals surface area contributed by atoms with E-state index in [1.807, 2.05) is 6.92 Å². The van der Waals surface area contributed by atoms with Crippen molar-refractivity contribution >= 4 is 15.9 Å². The predicted molar refractivity (Wildman–Crippen MR) is 95.2 cm³/mol. The van der Waals surface area contributed by atoms with Crippen LogP contribution in [0.3, 0.4) is 0 Å². The van der Waals surface area contributed by atoms with Crippen LogP contribution in [0.15, 0.2) is 18.2 Å². The van der Waals surface area contributed by atoms with Crippen molar-refractivity contribution in [1.29, 1.82) is 0 Å². The molecule has 7 nitrogen and oxygen atoms in total. The van der Waals surface area contributed by atoms with E-state index in [2.05, 4.69) is 4.72 Å². The summed E-state index contributed by atoms with van der Waals surface area (Å²) in [7, 11) is -1.63. The number of hydrogen-bond donors (Lipinski definition) is 1. The van der Waals surface area contributed by atoms with E-state index in [1.165, 1.54) is 0 Å². The van der Waals surface area contributed by atoms with Crippen LogP contribution >= 0.6 is 0 Å². The van der Waals surface area contributed by atoms with Crippen LogP contribution in [0.4, 0.5) is 0 Å². The molecule has 25 heavy (non-hydrogen) atoms. The van der Waals surface area contributed by atoms with E-state index in [4.69, 9.17) is 9.47 Å². The summed E-state index contributed by atoms with van der Waals surface area (Å²) in [5.74, 6) is 0.638. The zero-order valence-corrected chi connectivity index (χ0v) is 15.8. The topological polar surface area (TPSA) is 84.9 Å². The van der Waals surface area contributed by atoms with Crippen LogP contribution in [-0.4, -0.2) is 58.3 Å². The highest BCUT2D eigenvalue weighted by atomic mass is 32.2. The smallest absolute Gasteiger partial charge is 0.253 e. The summed E-state index contributed by atoms with van der Waals surface area (Å²) in [4.78, 5) is 14.5. The zero-order valence-electron chi connectivity index (χ0n) is 14.9. The number of sulfonamides is 1. The Morgan fingerprint density at radius 2 is 2.00 bits per heavy atom. The molecular weight excluding hydrogens is 344 g/mol. The van der Waals surface area contributed by atoms with Crippen LogP contribution < -0.4 is 9.46 Å². The second kappa shape index (κ2) is 8.64. The summed E-state index contributed by atoms with van der Waals surface area (Å²) in [6, 6.07) is 5.22. The van der Waals surface area contributed by atoms with Gasteiger partial charge in [0.05, 0.1) is 20.0 Å². The number of nitrogens with one attached hydrogen (secondary N) is 1. The standard InChI is InChI=1S/C17H26N2O5S/c1-4-24-12-14-11-13(5-6-16(14)23-2)17(20)19-9-7-15(8-10-19)18-25(3,21)22/h5-6,11,15,18H,4,7-10,12H2,1-3H3. The maximum absolute atomic E-state index is 12.7. The maximum atomic E-state index is 12.7. The maximum Gasteiger partial charge on any atom is 0.253 e. The van der Waals surface area contributed by atoms with Gasteiger partial charge in [-0.3, -0.25) is 4.79 Å². The molecule has 2 rings (SSSR count). The van der Waals surface area contributed by atoms with Gasteiger partial charge in [0.2, 0.25) is 10.0 Å². The number of nitrogens with zero attached hydrogens (tertiary/aromatic N) is 1. The zero-order chi connectivity index (χ0) is 18.4. The number of hydrogen-bond acceptors (Lipinski definition) is 5. The molecule has 0 bridgehead atoms. The summed E-state index contributed by atoms with van der Waals surface area (Å²) in [5.41, 5.74) is 1.42. The minimum absolute atomic E-state index is 0.0572. The third kappa shape index (κ3) is 5.69. The molecule has 0 aliphatic carbocycles. The number of ether oxygens (including phenoxy) is 2. The Labute approximate surface area is 149 Å². The van der Waals surface area contributed by atoms with E-state index in [1.54, 1.807) is 30.2 Å². The van der Waals surface area contributed by atoms with Gasteiger partial charge >= 0.3 is 0 Å². The van der Waals surface area contributed by atoms with Crippen LogP contribution in [0.2, 0.25) is 0 Å². The third-order valence-electron chi connectivity index (χ3n) is 4.15. The number of amides is 1. The molecule has 1 aliphatic heterocycles. The van der Waals surface area contributed by atoms with Crippen LogP contribution in [0.1, 0.15) is 35.7 Å². The highest BCUT2D eigenvalue weighted by molar-refractivity contribution is 7.88. The molecule has 1 N–H and O–H groups in total. The third-order valence-corrected chi connectivity index (χ3v) is 4.91. The number of piperidine rings is 1. The molecule has 0 spiro atoms. The molecule has 0 radical (unpaired) electrons. The average Bonchev–Trinajstić information content (AvgIpc) is 2.58. The van der Waals surface area contributed by atoms with Gasteiger partial charge in [-0.15, -0.1) is 0 Å². The quantitative estimate of drug-likeness (QED) is 0.784. The van der Waals surface area contributed by atoms with E-state index in [0.29, 0.717) is 50.5 Å². The molecular formula is C17H26N2O5S. The van der Waals surface area contributed by atoms with Crippen molar-refractivity contribution in [2.75, 3.05) is 33.1 Å². The van der Waals surface area contributed by atoms with Crippen molar-refractivity contribution in [3.8, 4) is 5.75 Å². The molecule has 1 aliphatic rings. The van der Waals surface area contributed by atoms with Gasteiger partial charge in [-0.05, 0) is 38.0 Å². The Morgan fingerprint density at radius 3 is 2.56 bits per heavy atom. The Balaban J connectivity index is 2.03. The van der Waals surface area contributed by atoms with Crippen LogP contribution in [-0.2, 0) is 21.4 Å². The lowest BCUT2D eigenvalue weighted by Gasteiger charge is -2.32. The molecule has 1 fully saturated rings. The Morgan fingerprint density at radius 1 is 1.32 bits per heavy atom. The number of methoxy groups -OCH3 is 1. The first-order chi connectivity index (χ1) is 11.8. The highest BCUT2D eigenvalue weighted by Crippen LogP contribution is 2.23. The molecule has 1 aromatic carbocycles. The second-order valence-electron chi connectivity index (χ2n) is 6.12. The fraction of sp³-hybridized carbons (Fsp3) is 0.588. The average molecular weight is 370 g/mol. The Hall–Kier alpha value is -1.64. The van der Waals surface area contributed by atoms with Gasteiger partial charge < -0.3 is 14.4 Å². The van der Waals surface area contributed by atoms with Gasteiger partial charge in [-0.25, -0.2) is 13.1 Å². The first-order valence-electron chi connectivity index (χ1n) is 8.35. The lowest BCUT2D eigenvalue weighted by atomic mass is 10.0. The summed E-state index contributed by atoms with van der Waals surface area (Å²) in [5, 5.41) is 0. The van der Waals surface area contributed by atoms with Gasteiger partial charge in [0.1, 0.15) is 5.75 Å². The van der Waals surface area contributed by atoms with E-state index in [-0.39, 0.29) is 11.9 Å². The number of likely N-dealkylation sites (tertiary alicyclic amines) is 1. The summed E-state index contributed by atoms with van der Waals surface area (Å²) in [6.07, 6.45) is 2.38. The minimum Gasteiger partial charge on any atom is -0.496 e. The van der Waals surface area contributed by atoms with Crippen molar-refractivity contribution in [3.63, 3.8) is 0 Å². The minimum atomic E-state index is -3.22. The van der Waals surface area contributed by atoms with Crippen molar-refractivity contribution < 1.29 is 22.7 Å². The summed E-state index contributed by atoms with van der Waals surface area (Å²) >= 11 is 0.